The van der Waals surface area contributed by atoms with E-state index in [0.717, 1.165) is 35.1 Å². The molecule has 0 aliphatic carbocycles. The number of aromatic nitrogens is 1. The number of carbonyl (C=O) groups excluding carboxylic acids is 2. The summed E-state index contributed by atoms with van der Waals surface area (Å²) in [6.45, 7) is 11.9. The largest absolute Gasteiger partial charge is 0.466 e. The molecule has 0 bridgehead atoms. The second kappa shape index (κ2) is 8.88. The number of ether oxygens (including phenoxy) is 1. The van der Waals surface area contributed by atoms with Crippen molar-refractivity contribution in [2.45, 2.75) is 54.0 Å². The van der Waals surface area contributed by atoms with Gasteiger partial charge in [-0.3, -0.25) is 9.59 Å². The molecule has 26 heavy (non-hydrogen) atoms. The van der Waals surface area contributed by atoms with Gasteiger partial charge in [-0.2, -0.15) is 0 Å². The Kier molecular flexibility index (Phi) is 6.83. The molecule has 0 aliphatic rings. The van der Waals surface area contributed by atoms with Gasteiger partial charge in [-0.25, -0.2) is 0 Å². The van der Waals surface area contributed by atoms with E-state index in [9.17, 15) is 9.59 Å². The van der Waals surface area contributed by atoms with Crippen LogP contribution in [0.2, 0.25) is 0 Å². The van der Waals surface area contributed by atoms with Crippen molar-refractivity contribution < 1.29 is 14.3 Å². The molecule has 2 rings (SSSR count). The van der Waals surface area contributed by atoms with Crippen LogP contribution in [0.25, 0.3) is 10.9 Å². The molecule has 0 N–H and O–H groups in total. The van der Waals surface area contributed by atoms with E-state index in [0.29, 0.717) is 19.7 Å². The number of fused-ring (bicyclic) bond motifs is 1. The van der Waals surface area contributed by atoms with Gasteiger partial charge >= 0.3 is 5.97 Å². The Bertz CT molecular complexity index is 792. The summed E-state index contributed by atoms with van der Waals surface area (Å²) in [4.78, 5) is 26.6. The molecule has 142 valence electrons. The van der Waals surface area contributed by atoms with E-state index >= 15 is 0 Å². The first-order chi connectivity index (χ1) is 12.5. The van der Waals surface area contributed by atoms with Crippen molar-refractivity contribution in [3.05, 3.63) is 35.0 Å². The summed E-state index contributed by atoms with van der Waals surface area (Å²) >= 11 is 0. The average Bonchev–Trinajstić information content (AvgIpc) is 2.93. The summed E-state index contributed by atoms with van der Waals surface area (Å²) in [7, 11) is 0. The Hall–Kier alpha value is -2.30. The minimum Gasteiger partial charge on any atom is -0.466 e. The molecule has 5 heteroatoms. The Morgan fingerprint density at radius 1 is 1.15 bits per heavy atom. The van der Waals surface area contributed by atoms with Gasteiger partial charge in [-0.05, 0) is 57.4 Å². The fraction of sp³-hybridized carbons (Fsp3) is 0.524. The number of hydrogen-bond acceptors (Lipinski definition) is 3. The van der Waals surface area contributed by atoms with Crippen LogP contribution in [-0.2, 0) is 22.5 Å². The number of aryl methyl sites for hydroxylation is 3. The normalized spacial score (nSPS) is 11.0. The molecule has 0 saturated carbocycles. The van der Waals surface area contributed by atoms with Crippen molar-refractivity contribution in [1.82, 2.24) is 9.47 Å². The molecular formula is C21H30N2O3. The second-order valence-corrected chi connectivity index (χ2v) is 6.36. The fourth-order valence-electron chi connectivity index (χ4n) is 3.41. The SMILES string of the molecule is CCOC(=O)CCN(CC)C(=O)c1c(C)c2cc(CC)ccc2n1CC. The summed E-state index contributed by atoms with van der Waals surface area (Å²) in [5.74, 6) is -0.288. The third-order valence-corrected chi connectivity index (χ3v) is 4.87. The summed E-state index contributed by atoms with van der Waals surface area (Å²) in [6.07, 6.45) is 1.19. The summed E-state index contributed by atoms with van der Waals surface area (Å²) in [6, 6.07) is 6.42. The standard InChI is InChI=1S/C21H30N2O3/c1-6-16-10-11-18-17(14-16)15(5)20(23(18)8-3)21(25)22(7-2)13-12-19(24)26-9-4/h10-11,14H,6-9,12-13H2,1-5H3. The van der Waals surface area contributed by atoms with Crippen molar-refractivity contribution >= 4 is 22.8 Å². The van der Waals surface area contributed by atoms with Gasteiger partial charge in [0.15, 0.2) is 0 Å². The first-order valence-corrected chi connectivity index (χ1v) is 9.54. The highest BCUT2D eigenvalue weighted by molar-refractivity contribution is 6.02. The van der Waals surface area contributed by atoms with Gasteiger partial charge in [0.1, 0.15) is 5.69 Å². The number of benzene rings is 1. The van der Waals surface area contributed by atoms with E-state index in [1.807, 2.05) is 13.8 Å². The summed E-state index contributed by atoms with van der Waals surface area (Å²) in [5, 5.41) is 1.14. The lowest BCUT2D eigenvalue weighted by Crippen LogP contribution is -2.34. The van der Waals surface area contributed by atoms with E-state index in [4.69, 9.17) is 4.74 Å². The van der Waals surface area contributed by atoms with Crippen LogP contribution in [-0.4, -0.2) is 41.0 Å². The first kappa shape index (κ1) is 20.0. The zero-order valence-corrected chi connectivity index (χ0v) is 16.6. The van der Waals surface area contributed by atoms with Crippen molar-refractivity contribution in [2.75, 3.05) is 19.7 Å². The van der Waals surface area contributed by atoms with Crippen molar-refractivity contribution in [3.63, 3.8) is 0 Å². The number of rotatable bonds is 8. The maximum atomic E-state index is 13.2. The lowest BCUT2D eigenvalue weighted by atomic mass is 10.1. The maximum Gasteiger partial charge on any atom is 0.307 e. The number of hydrogen-bond donors (Lipinski definition) is 0. The molecule has 0 saturated heterocycles. The number of carbonyl (C=O) groups is 2. The van der Waals surface area contributed by atoms with Crippen LogP contribution >= 0.6 is 0 Å². The minimum atomic E-state index is -0.265. The molecule has 0 unspecified atom stereocenters. The Morgan fingerprint density at radius 3 is 2.46 bits per heavy atom. The number of nitrogens with zero attached hydrogens (tertiary/aromatic N) is 2. The van der Waals surface area contributed by atoms with Crippen LogP contribution in [0.15, 0.2) is 18.2 Å². The van der Waals surface area contributed by atoms with Crippen molar-refractivity contribution in [1.29, 1.82) is 0 Å². The molecule has 0 aliphatic heterocycles. The zero-order chi connectivity index (χ0) is 19.3. The smallest absolute Gasteiger partial charge is 0.307 e. The predicted octanol–water partition coefficient (Wildman–Crippen LogP) is 3.95. The van der Waals surface area contributed by atoms with E-state index in [1.54, 1.807) is 11.8 Å². The highest BCUT2D eigenvalue weighted by Gasteiger charge is 2.24. The van der Waals surface area contributed by atoms with Gasteiger partial charge in [-0.15, -0.1) is 0 Å². The molecule has 0 atom stereocenters. The lowest BCUT2D eigenvalue weighted by molar-refractivity contribution is -0.143. The third-order valence-electron chi connectivity index (χ3n) is 4.87. The molecule has 1 aromatic heterocycles. The first-order valence-electron chi connectivity index (χ1n) is 9.54. The molecule has 1 aromatic carbocycles. The van der Waals surface area contributed by atoms with Gasteiger partial charge in [-0.1, -0.05) is 13.0 Å². The van der Waals surface area contributed by atoms with E-state index in [1.165, 1.54) is 5.56 Å². The Balaban J connectivity index is 2.38. The minimum absolute atomic E-state index is 0.0228. The van der Waals surface area contributed by atoms with E-state index in [-0.39, 0.29) is 18.3 Å². The number of esters is 1. The van der Waals surface area contributed by atoms with Gasteiger partial charge in [0.05, 0.1) is 13.0 Å². The molecule has 5 nitrogen and oxygen atoms in total. The predicted molar refractivity (Wildman–Crippen MR) is 105 cm³/mol. The molecule has 0 radical (unpaired) electrons. The average molecular weight is 358 g/mol. The van der Waals surface area contributed by atoms with Crippen LogP contribution in [0, 0.1) is 6.92 Å². The van der Waals surface area contributed by atoms with Gasteiger partial charge in [0.2, 0.25) is 0 Å². The zero-order valence-electron chi connectivity index (χ0n) is 16.6. The molecular weight excluding hydrogens is 328 g/mol. The highest BCUT2D eigenvalue weighted by Crippen LogP contribution is 2.28. The topological polar surface area (TPSA) is 51.5 Å². The van der Waals surface area contributed by atoms with Gasteiger partial charge in [0, 0.05) is 30.5 Å². The molecule has 2 aromatic rings. The highest BCUT2D eigenvalue weighted by atomic mass is 16.5. The molecule has 1 heterocycles. The molecule has 0 spiro atoms. The second-order valence-electron chi connectivity index (χ2n) is 6.36. The van der Waals surface area contributed by atoms with Crippen molar-refractivity contribution in [3.8, 4) is 0 Å². The maximum absolute atomic E-state index is 13.2. The van der Waals surface area contributed by atoms with Crippen molar-refractivity contribution in [2.24, 2.45) is 0 Å². The van der Waals surface area contributed by atoms with Crippen LogP contribution in [0.5, 0.6) is 0 Å². The summed E-state index contributed by atoms with van der Waals surface area (Å²) < 4.78 is 7.07. The van der Waals surface area contributed by atoms with Gasteiger partial charge in [0.25, 0.3) is 5.91 Å². The van der Waals surface area contributed by atoms with E-state index in [2.05, 4.69) is 36.6 Å². The Morgan fingerprint density at radius 2 is 1.88 bits per heavy atom. The van der Waals surface area contributed by atoms with Crippen LogP contribution in [0.4, 0.5) is 0 Å². The van der Waals surface area contributed by atoms with E-state index < -0.39 is 0 Å². The van der Waals surface area contributed by atoms with Crippen LogP contribution < -0.4 is 0 Å². The fourth-order valence-corrected chi connectivity index (χ4v) is 3.41. The van der Waals surface area contributed by atoms with Crippen LogP contribution in [0.3, 0.4) is 0 Å². The molecule has 1 amide bonds. The monoisotopic (exact) mass is 358 g/mol. The third kappa shape index (κ3) is 3.92. The lowest BCUT2D eigenvalue weighted by Gasteiger charge is -2.22. The number of amides is 1. The Labute approximate surface area is 155 Å². The van der Waals surface area contributed by atoms with Crippen LogP contribution in [0.1, 0.15) is 55.7 Å². The summed E-state index contributed by atoms with van der Waals surface area (Å²) in [5.41, 5.74) is 4.09. The quantitative estimate of drug-likeness (QED) is 0.672. The van der Waals surface area contributed by atoms with Gasteiger partial charge < -0.3 is 14.2 Å². The molecule has 0 fully saturated rings.